The van der Waals surface area contributed by atoms with Crippen LogP contribution in [0, 0.1) is 19.8 Å². The summed E-state index contributed by atoms with van der Waals surface area (Å²) in [5.41, 5.74) is 3.29. The highest BCUT2D eigenvalue weighted by molar-refractivity contribution is 6.02. The summed E-state index contributed by atoms with van der Waals surface area (Å²) in [5.74, 6) is -0.0503. The molecule has 1 fully saturated rings. The van der Waals surface area contributed by atoms with E-state index in [4.69, 9.17) is 0 Å². The molecule has 3 N–H and O–H groups in total. The Morgan fingerprint density at radius 3 is 2.62 bits per heavy atom. The van der Waals surface area contributed by atoms with Crippen LogP contribution in [0.1, 0.15) is 57.6 Å². The van der Waals surface area contributed by atoms with Gasteiger partial charge in [-0.1, -0.05) is 6.07 Å². The maximum atomic E-state index is 12.9. The van der Waals surface area contributed by atoms with Crippen LogP contribution in [0.3, 0.4) is 0 Å². The third-order valence-corrected chi connectivity index (χ3v) is 5.21. The number of aromatic amines is 1. The number of ketones is 1. The number of nitrogens with one attached hydrogen (secondary N) is 2. The number of aliphatic hydroxyl groups excluding tert-OH is 1. The number of pyridine rings is 1. The fourth-order valence-electron chi connectivity index (χ4n) is 3.72. The maximum absolute atomic E-state index is 12.9. The smallest absolute Gasteiger partial charge is 0.253 e. The number of carbonyl (C=O) groups is 2. The lowest BCUT2D eigenvalue weighted by atomic mass is 9.75. The predicted octanol–water partition coefficient (Wildman–Crippen LogP) is 2.34. The molecule has 6 nitrogen and oxygen atoms in total. The third kappa shape index (κ3) is 3.70. The molecule has 1 saturated carbocycles. The molecular weight excluding hydrogens is 330 g/mol. The van der Waals surface area contributed by atoms with Crippen molar-refractivity contribution in [2.75, 3.05) is 0 Å². The fourth-order valence-corrected chi connectivity index (χ4v) is 3.72. The number of amides is 1. The SMILES string of the molecule is CC(=O)c1[nH]c(C)c(C(=O)NC(Cc2ccccn2)C2CC(O)C2)c1C. The Morgan fingerprint density at radius 1 is 1.35 bits per heavy atom. The van der Waals surface area contributed by atoms with Gasteiger partial charge in [-0.25, -0.2) is 0 Å². The van der Waals surface area contributed by atoms with Crippen LogP contribution in [0.5, 0.6) is 0 Å². The lowest BCUT2D eigenvalue weighted by Crippen LogP contribution is -2.48. The van der Waals surface area contributed by atoms with E-state index in [9.17, 15) is 14.7 Å². The van der Waals surface area contributed by atoms with E-state index in [0.717, 1.165) is 5.69 Å². The normalized spacial score (nSPS) is 20.3. The van der Waals surface area contributed by atoms with Crippen LogP contribution in [-0.2, 0) is 6.42 Å². The Morgan fingerprint density at radius 2 is 2.08 bits per heavy atom. The minimum atomic E-state index is -0.289. The topological polar surface area (TPSA) is 95.1 Å². The summed E-state index contributed by atoms with van der Waals surface area (Å²) in [6.45, 7) is 5.07. The van der Waals surface area contributed by atoms with Crippen molar-refractivity contribution in [3.8, 4) is 0 Å². The summed E-state index contributed by atoms with van der Waals surface area (Å²) in [5, 5.41) is 12.8. The van der Waals surface area contributed by atoms with Gasteiger partial charge in [-0.15, -0.1) is 0 Å². The van der Waals surface area contributed by atoms with Gasteiger partial charge in [0.05, 0.1) is 17.4 Å². The number of rotatable bonds is 6. The number of hydrogen-bond acceptors (Lipinski definition) is 4. The third-order valence-electron chi connectivity index (χ3n) is 5.21. The predicted molar refractivity (Wildman–Crippen MR) is 98.2 cm³/mol. The van der Waals surface area contributed by atoms with Crippen LogP contribution in [-0.4, -0.2) is 38.9 Å². The molecule has 2 aromatic rings. The number of carbonyl (C=O) groups excluding carboxylic acids is 2. The summed E-state index contributed by atoms with van der Waals surface area (Å²) in [6, 6.07) is 5.63. The van der Waals surface area contributed by atoms with Gasteiger partial charge in [-0.2, -0.15) is 0 Å². The van der Waals surface area contributed by atoms with Crippen molar-refractivity contribution in [2.24, 2.45) is 5.92 Å². The second-order valence-corrected chi connectivity index (χ2v) is 7.17. The summed E-state index contributed by atoms with van der Waals surface area (Å²) < 4.78 is 0. The van der Waals surface area contributed by atoms with Gasteiger partial charge >= 0.3 is 0 Å². The molecule has 26 heavy (non-hydrogen) atoms. The van der Waals surface area contributed by atoms with Crippen molar-refractivity contribution in [3.05, 3.63) is 52.6 Å². The summed E-state index contributed by atoms with van der Waals surface area (Å²) >= 11 is 0. The van der Waals surface area contributed by atoms with E-state index < -0.39 is 0 Å². The van der Waals surface area contributed by atoms with Crippen LogP contribution in [0.2, 0.25) is 0 Å². The lowest BCUT2D eigenvalue weighted by molar-refractivity contribution is 0.0237. The van der Waals surface area contributed by atoms with Crippen LogP contribution in [0.4, 0.5) is 0 Å². The van der Waals surface area contributed by atoms with E-state index in [1.807, 2.05) is 18.2 Å². The van der Waals surface area contributed by atoms with E-state index in [2.05, 4.69) is 15.3 Å². The van der Waals surface area contributed by atoms with Crippen LogP contribution in [0.25, 0.3) is 0 Å². The molecule has 1 aliphatic rings. The van der Waals surface area contributed by atoms with E-state index in [1.165, 1.54) is 6.92 Å². The number of aromatic nitrogens is 2. The van der Waals surface area contributed by atoms with Crippen LogP contribution >= 0.6 is 0 Å². The van der Waals surface area contributed by atoms with Crippen molar-refractivity contribution in [2.45, 2.75) is 52.2 Å². The first-order valence-corrected chi connectivity index (χ1v) is 8.95. The van der Waals surface area contributed by atoms with Crippen LogP contribution < -0.4 is 5.32 Å². The highest BCUT2D eigenvalue weighted by Gasteiger charge is 2.35. The molecule has 2 heterocycles. The number of H-pyrrole nitrogens is 1. The van der Waals surface area contributed by atoms with Crippen LogP contribution in [0.15, 0.2) is 24.4 Å². The first-order valence-electron chi connectivity index (χ1n) is 8.95. The molecule has 0 aliphatic heterocycles. The number of Topliss-reactive ketones (excluding diaryl/α,β-unsaturated/α-hetero) is 1. The largest absolute Gasteiger partial charge is 0.393 e. The molecule has 0 spiro atoms. The Kier molecular flexibility index (Phi) is 5.23. The average molecular weight is 355 g/mol. The monoisotopic (exact) mass is 355 g/mol. The molecule has 1 unspecified atom stereocenters. The minimum Gasteiger partial charge on any atom is -0.393 e. The number of nitrogens with zero attached hydrogens (tertiary/aromatic N) is 1. The maximum Gasteiger partial charge on any atom is 0.253 e. The number of hydrogen-bond donors (Lipinski definition) is 3. The van der Waals surface area contributed by atoms with Crippen molar-refractivity contribution < 1.29 is 14.7 Å². The quantitative estimate of drug-likeness (QED) is 0.693. The van der Waals surface area contributed by atoms with E-state index in [0.29, 0.717) is 41.8 Å². The summed E-state index contributed by atoms with van der Waals surface area (Å²) in [4.78, 5) is 32.0. The molecule has 1 atom stereocenters. The molecule has 0 bridgehead atoms. The van der Waals surface area contributed by atoms with Gasteiger partial charge in [-0.05, 0) is 50.3 Å². The fraction of sp³-hybridized carbons (Fsp3) is 0.450. The first-order chi connectivity index (χ1) is 12.4. The molecular formula is C20H25N3O3. The molecule has 6 heteroatoms. The van der Waals surface area contributed by atoms with Gasteiger partial charge < -0.3 is 15.4 Å². The Hall–Kier alpha value is -2.47. The Balaban J connectivity index is 1.80. The number of aryl methyl sites for hydroxylation is 1. The zero-order valence-electron chi connectivity index (χ0n) is 15.4. The standard InChI is InChI=1S/C20H25N3O3/c1-11-18(12(2)22-19(11)13(3)24)20(26)23-17(14-8-16(25)9-14)10-15-6-4-5-7-21-15/h4-7,14,16-17,22,25H,8-10H2,1-3H3,(H,23,26). The molecule has 0 radical (unpaired) electrons. The first kappa shape index (κ1) is 18.3. The second kappa shape index (κ2) is 7.41. The number of aliphatic hydroxyl groups is 1. The summed E-state index contributed by atoms with van der Waals surface area (Å²) in [7, 11) is 0. The molecule has 3 rings (SSSR count). The molecule has 0 aromatic carbocycles. The zero-order valence-corrected chi connectivity index (χ0v) is 15.4. The van der Waals surface area contributed by atoms with Crippen molar-refractivity contribution in [1.29, 1.82) is 0 Å². The van der Waals surface area contributed by atoms with Gasteiger partial charge in [0.25, 0.3) is 5.91 Å². The highest BCUT2D eigenvalue weighted by atomic mass is 16.3. The van der Waals surface area contributed by atoms with Gasteiger partial charge in [0, 0.05) is 37.0 Å². The van der Waals surface area contributed by atoms with E-state index in [-0.39, 0.29) is 29.8 Å². The van der Waals surface area contributed by atoms with Crippen molar-refractivity contribution in [1.82, 2.24) is 15.3 Å². The van der Waals surface area contributed by atoms with Gasteiger partial charge in [0.2, 0.25) is 0 Å². The summed E-state index contributed by atoms with van der Waals surface area (Å²) in [6.07, 6.45) is 3.43. The van der Waals surface area contributed by atoms with Gasteiger partial charge in [-0.3, -0.25) is 14.6 Å². The average Bonchev–Trinajstić information content (AvgIpc) is 2.87. The van der Waals surface area contributed by atoms with Gasteiger partial charge in [0.1, 0.15) is 0 Å². The van der Waals surface area contributed by atoms with Crippen molar-refractivity contribution in [3.63, 3.8) is 0 Å². The molecule has 138 valence electrons. The Bertz CT molecular complexity index is 807. The second-order valence-electron chi connectivity index (χ2n) is 7.17. The van der Waals surface area contributed by atoms with Gasteiger partial charge in [0.15, 0.2) is 5.78 Å². The lowest BCUT2D eigenvalue weighted by Gasteiger charge is -2.38. The van der Waals surface area contributed by atoms with E-state index >= 15 is 0 Å². The molecule has 1 amide bonds. The van der Waals surface area contributed by atoms with E-state index in [1.54, 1.807) is 20.0 Å². The molecule has 2 aromatic heterocycles. The highest BCUT2D eigenvalue weighted by Crippen LogP contribution is 2.32. The molecule has 0 saturated heterocycles. The van der Waals surface area contributed by atoms with Crippen molar-refractivity contribution >= 4 is 11.7 Å². The molecule has 1 aliphatic carbocycles. The Labute approximate surface area is 153 Å². The zero-order chi connectivity index (χ0) is 18.8. The minimum absolute atomic E-state index is 0.0863.